The van der Waals surface area contributed by atoms with Gasteiger partial charge >= 0.3 is 0 Å². The van der Waals surface area contributed by atoms with E-state index < -0.39 is 0 Å². The number of para-hydroxylation sites is 1. The molecule has 1 fully saturated rings. The number of amides is 1. The standard InChI is InChI=1S/C12H12N2O.C2H4/c15-12-10-5-1-2-6-11(10)13-8-9-4-3-7-14(9)12;1-2/h1-2,5-6,8-9H,3-4,7H2;1-2H2/t9-;/m0./s1. The molecule has 0 aliphatic carbocycles. The topological polar surface area (TPSA) is 32.7 Å². The Labute approximate surface area is 101 Å². The Morgan fingerprint density at radius 2 is 2.06 bits per heavy atom. The first-order valence-corrected chi connectivity index (χ1v) is 5.80. The smallest absolute Gasteiger partial charge is 0.256 e. The Morgan fingerprint density at radius 3 is 2.88 bits per heavy atom. The number of nitrogens with zero attached hydrogens (tertiary/aromatic N) is 2. The number of hydrogen-bond donors (Lipinski definition) is 0. The van der Waals surface area contributed by atoms with Crippen LogP contribution in [0.1, 0.15) is 23.2 Å². The minimum absolute atomic E-state index is 0.130. The van der Waals surface area contributed by atoms with Gasteiger partial charge < -0.3 is 4.90 Å². The van der Waals surface area contributed by atoms with E-state index in [2.05, 4.69) is 18.2 Å². The first-order valence-electron chi connectivity index (χ1n) is 5.80. The highest BCUT2D eigenvalue weighted by Gasteiger charge is 2.31. The molecule has 0 aromatic heterocycles. The van der Waals surface area contributed by atoms with Gasteiger partial charge in [0.05, 0.1) is 17.3 Å². The molecular weight excluding hydrogens is 212 g/mol. The molecule has 1 saturated heterocycles. The molecule has 88 valence electrons. The summed E-state index contributed by atoms with van der Waals surface area (Å²) in [7, 11) is 0. The van der Waals surface area contributed by atoms with Crippen LogP contribution in [0.5, 0.6) is 0 Å². The van der Waals surface area contributed by atoms with Crippen LogP contribution in [0.15, 0.2) is 42.4 Å². The molecule has 3 heteroatoms. The first-order chi connectivity index (χ1) is 8.36. The number of aliphatic imine (C=N–C) groups is 1. The monoisotopic (exact) mass is 228 g/mol. The van der Waals surface area contributed by atoms with E-state index >= 15 is 0 Å². The van der Waals surface area contributed by atoms with Crippen LogP contribution in [-0.2, 0) is 0 Å². The second kappa shape index (κ2) is 4.95. The number of fused-ring (bicyclic) bond motifs is 2. The van der Waals surface area contributed by atoms with Crippen LogP contribution in [-0.4, -0.2) is 29.6 Å². The van der Waals surface area contributed by atoms with Gasteiger partial charge in [-0.3, -0.25) is 9.79 Å². The summed E-state index contributed by atoms with van der Waals surface area (Å²) in [4.78, 5) is 18.5. The number of rotatable bonds is 0. The second-order valence-electron chi connectivity index (χ2n) is 4.00. The van der Waals surface area contributed by atoms with Crippen molar-refractivity contribution in [3.8, 4) is 0 Å². The molecule has 3 rings (SSSR count). The zero-order valence-corrected chi connectivity index (χ0v) is 9.80. The lowest BCUT2D eigenvalue weighted by Crippen LogP contribution is -2.35. The predicted octanol–water partition coefficient (Wildman–Crippen LogP) is 2.81. The molecule has 1 aromatic rings. The molecule has 0 saturated carbocycles. The van der Waals surface area contributed by atoms with Crippen LogP contribution < -0.4 is 0 Å². The summed E-state index contributed by atoms with van der Waals surface area (Å²) in [6, 6.07) is 7.77. The van der Waals surface area contributed by atoms with E-state index in [1.54, 1.807) is 0 Å². The van der Waals surface area contributed by atoms with Gasteiger partial charge in [-0.05, 0) is 25.0 Å². The summed E-state index contributed by atoms with van der Waals surface area (Å²) < 4.78 is 0. The van der Waals surface area contributed by atoms with E-state index in [4.69, 9.17) is 0 Å². The Bertz CT molecular complexity index is 453. The summed E-state index contributed by atoms with van der Waals surface area (Å²) in [6.45, 7) is 6.86. The SMILES string of the molecule is C=C.O=C1c2ccccc2N=C[C@@H]2CCCN12. The van der Waals surface area contributed by atoms with Crippen molar-refractivity contribution in [1.29, 1.82) is 0 Å². The third-order valence-electron chi connectivity index (χ3n) is 3.08. The Balaban J connectivity index is 0.000000514. The third-order valence-corrected chi connectivity index (χ3v) is 3.08. The summed E-state index contributed by atoms with van der Waals surface area (Å²) >= 11 is 0. The van der Waals surface area contributed by atoms with Crippen molar-refractivity contribution in [3.63, 3.8) is 0 Å². The van der Waals surface area contributed by atoms with Gasteiger partial charge in [0, 0.05) is 12.8 Å². The molecule has 0 N–H and O–H groups in total. The van der Waals surface area contributed by atoms with E-state index in [0.717, 1.165) is 30.6 Å². The maximum atomic E-state index is 12.2. The first kappa shape index (κ1) is 11.6. The van der Waals surface area contributed by atoms with Crippen molar-refractivity contribution >= 4 is 17.8 Å². The van der Waals surface area contributed by atoms with E-state index in [1.807, 2.05) is 35.4 Å². The molecule has 0 radical (unpaired) electrons. The van der Waals surface area contributed by atoms with Crippen molar-refractivity contribution in [2.24, 2.45) is 4.99 Å². The van der Waals surface area contributed by atoms with Crippen molar-refractivity contribution in [1.82, 2.24) is 4.90 Å². The fraction of sp³-hybridized carbons (Fsp3) is 0.286. The van der Waals surface area contributed by atoms with Crippen LogP contribution in [0.4, 0.5) is 5.69 Å². The van der Waals surface area contributed by atoms with Crippen LogP contribution >= 0.6 is 0 Å². The van der Waals surface area contributed by atoms with E-state index in [1.165, 1.54) is 0 Å². The predicted molar refractivity (Wildman–Crippen MR) is 69.9 cm³/mol. The number of hydrogen-bond acceptors (Lipinski definition) is 2. The van der Waals surface area contributed by atoms with Gasteiger partial charge in [-0.2, -0.15) is 0 Å². The number of carbonyl (C=O) groups excluding carboxylic acids is 1. The minimum atomic E-state index is 0.130. The fourth-order valence-electron chi connectivity index (χ4n) is 2.29. The van der Waals surface area contributed by atoms with Gasteiger partial charge in [0.1, 0.15) is 0 Å². The Morgan fingerprint density at radius 1 is 1.29 bits per heavy atom. The summed E-state index contributed by atoms with van der Waals surface area (Å²) in [6.07, 6.45) is 4.05. The highest BCUT2D eigenvalue weighted by atomic mass is 16.2. The quantitative estimate of drug-likeness (QED) is 0.628. The lowest BCUT2D eigenvalue weighted by molar-refractivity contribution is 0.0775. The molecule has 3 nitrogen and oxygen atoms in total. The molecule has 0 spiro atoms. The van der Waals surface area contributed by atoms with Gasteiger partial charge in [0.2, 0.25) is 0 Å². The lowest BCUT2D eigenvalue weighted by Gasteiger charge is -2.19. The third kappa shape index (κ3) is 2.00. The lowest BCUT2D eigenvalue weighted by atomic mass is 10.1. The van der Waals surface area contributed by atoms with Gasteiger partial charge in [0.15, 0.2) is 0 Å². The molecule has 2 aliphatic heterocycles. The Kier molecular flexibility index (Phi) is 3.38. The molecule has 0 bridgehead atoms. The number of carbonyl (C=O) groups is 1. The molecule has 2 heterocycles. The van der Waals surface area contributed by atoms with Crippen LogP contribution in [0, 0.1) is 0 Å². The molecule has 1 aromatic carbocycles. The van der Waals surface area contributed by atoms with E-state index in [9.17, 15) is 4.79 Å². The van der Waals surface area contributed by atoms with Gasteiger partial charge in [-0.1, -0.05) is 12.1 Å². The molecule has 0 unspecified atom stereocenters. The van der Waals surface area contributed by atoms with Crippen molar-refractivity contribution in [2.75, 3.05) is 6.54 Å². The maximum absolute atomic E-state index is 12.2. The fourth-order valence-corrected chi connectivity index (χ4v) is 2.29. The highest BCUT2D eigenvalue weighted by molar-refractivity contribution is 6.02. The molecule has 17 heavy (non-hydrogen) atoms. The van der Waals surface area contributed by atoms with Crippen LogP contribution in [0.3, 0.4) is 0 Å². The summed E-state index contributed by atoms with van der Waals surface area (Å²) in [5, 5.41) is 0. The average Bonchev–Trinajstić information content (AvgIpc) is 2.82. The normalized spacial score (nSPS) is 21.1. The highest BCUT2D eigenvalue weighted by Crippen LogP contribution is 2.27. The van der Waals surface area contributed by atoms with Crippen LogP contribution in [0.25, 0.3) is 0 Å². The molecule has 2 aliphatic rings. The average molecular weight is 228 g/mol. The van der Waals surface area contributed by atoms with Crippen molar-refractivity contribution < 1.29 is 4.79 Å². The maximum Gasteiger partial charge on any atom is 0.256 e. The van der Waals surface area contributed by atoms with Gasteiger partial charge in [-0.15, -0.1) is 13.2 Å². The molecule has 1 atom stereocenters. The van der Waals surface area contributed by atoms with Crippen molar-refractivity contribution in [2.45, 2.75) is 18.9 Å². The number of benzene rings is 1. The zero-order chi connectivity index (χ0) is 12.3. The molecule has 1 amide bonds. The van der Waals surface area contributed by atoms with Gasteiger partial charge in [0.25, 0.3) is 5.91 Å². The Hall–Kier alpha value is -1.90. The largest absolute Gasteiger partial charge is 0.331 e. The minimum Gasteiger partial charge on any atom is -0.331 e. The van der Waals surface area contributed by atoms with E-state index in [0.29, 0.717) is 0 Å². The van der Waals surface area contributed by atoms with Crippen molar-refractivity contribution in [3.05, 3.63) is 43.0 Å². The summed E-state index contributed by atoms with van der Waals surface area (Å²) in [5.41, 5.74) is 1.54. The zero-order valence-electron chi connectivity index (χ0n) is 9.80. The second-order valence-corrected chi connectivity index (χ2v) is 4.00. The van der Waals surface area contributed by atoms with Crippen LogP contribution in [0.2, 0.25) is 0 Å². The van der Waals surface area contributed by atoms with Gasteiger partial charge in [-0.25, -0.2) is 0 Å². The molecular formula is C14H16N2O. The van der Waals surface area contributed by atoms with E-state index in [-0.39, 0.29) is 11.9 Å². The summed E-state index contributed by atoms with van der Waals surface area (Å²) in [5.74, 6) is 0.130.